The number of hydrogen-bond donors (Lipinski definition) is 2. The van der Waals surface area contributed by atoms with Gasteiger partial charge in [-0.2, -0.15) is 0 Å². The van der Waals surface area contributed by atoms with Crippen LogP contribution < -0.4 is 10.2 Å². The second-order valence-electron chi connectivity index (χ2n) is 27.7. The summed E-state index contributed by atoms with van der Waals surface area (Å²) in [5.41, 5.74) is 0. The van der Waals surface area contributed by atoms with Crippen molar-refractivity contribution in [2.45, 2.75) is 411 Å². The number of nitrogens with one attached hydrogen (secondary N) is 1. The average Bonchev–Trinajstić information content (AvgIpc) is 3.70. The van der Waals surface area contributed by atoms with Gasteiger partial charge >= 0.3 is 0 Å². The normalized spacial score (nSPS) is 13.7. The Morgan fingerprint density at radius 2 is 0.651 bits per heavy atom. The summed E-state index contributed by atoms with van der Waals surface area (Å²) < 4.78 is 23.5. The minimum atomic E-state index is -4.61. The molecule has 0 bridgehead atoms. The van der Waals surface area contributed by atoms with E-state index >= 15 is 0 Å². The lowest BCUT2D eigenvalue weighted by Gasteiger charge is -2.29. The first kappa shape index (κ1) is 84.7. The smallest absolute Gasteiger partial charge is 0.268 e. The van der Waals surface area contributed by atoms with Crippen LogP contribution in [0.3, 0.4) is 0 Å². The number of likely N-dealkylation sites (N-methyl/N-ethyl adjacent to an activating group) is 1. The number of phosphoric ester groups is 1. The zero-order valence-electron chi connectivity index (χ0n) is 58.5. The molecule has 3 atom stereocenters. The summed E-state index contributed by atoms with van der Waals surface area (Å²) in [6, 6.07) is -0.904. The first-order chi connectivity index (χ1) is 42.0. The lowest BCUT2D eigenvalue weighted by molar-refractivity contribution is -0.870. The quantitative estimate of drug-likeness (QED) is 0.0272. The molecule has 0 aromatic rings. The number of phosphoric acid groups is 1. The molecule has 0 heterocycles. The molecule has 0 aromatic carbocycles. The number of carbonyl (C=O) groups is 1. The fraction of sp³-hybridized carbons (Fsp3) is 0.909. The minimum absolute atomic E-state index is 0.00413. The standard InChI is InChI=1S/C77H151N2O6P/c1-6-8-10-12-14-16-18-20-22-24-26-28-30-32-34-36-37-38-39-40-41-43-45-47-49-51-53-55-57-59-61-63-65-67-69-71-77(81)78-75(74-85-86(82,83)84-73-72-79(3,4)5)76(80)70-68-66-64-62-60-58-56-54-52-50-48-46-44-42-35-33-31-29-27-25-23-21-19-17-15-13-11-9-7-2/h24,26,60,62,68,70,75-76,80H,6-23,25,27-59,61,63-67,69,71-74H2,1-5H3,(H-,78,81,82,83)/b26-24-,62-60+,70-68+. The summed E-state index contributed by atoms with van der Waals surface area (Å²) in [6.45, 7) is 4.69. The van der Waals surface area contributed by atoms with Crippen LogP contribution in [0, 0.1) is 0 Å². The van der Waals surface area contributed by atoms with Crippen LogP contribution in [0.15, 0.2) is 36.5 Å². The highest BCUT2D eigenvalue weighted by molar-refractivity contribution is 7.45. The number of unbranched alkanes of at least 4 members (excludes halogenated alkanes) is 55. The summed E-state index contributed by atoms with van der Waals surface area (Å²) in [6.07, 6.45) is 91.7. The van der Waals surface area contributed by atoms with Crippen molar-refractivity contribution in [1.82, 2.24) is 5.32 Å². The SMILES string of the molecule is CCCCCCCCCC/C=C\CCCCCCCCCCCCCCCCCCCCCCCCCC(=O)NC(COP(=O)([O-])OCC[N+](C)(C)C)C(O)/C=C/CC/C=C/CCCCCCCCCCCCCCCCCCCCCCCCC. The number of nitrogens with zero attached hydrogens (tertiary/aromatic N) is 1. The third kappa shape index (κ3) is 70.2. The van der Waals surface area contributed by atoms with Crippen molar-refractivity contribution in [3.05, 3.63) is 36.5 Å². The van der Waals surface area contributed by atoms with Gasteiger partial charge in [0.25, 0.3) is 7.82 Å². The van der Waals surface area contributed by atoms with Gasteiger partial charge < -0.3 is 28.8 Å². The first-order valence-corrected chi connectivity index (χ1v) is 39.8. The van der Waals surface area contributed by atoms with Crippen molar-refractivity contribution in [3.8, 4) is 0 Å². The Hall–Kier alpha value is -1.28. The number of allylic oxidation sites excluding steroid dienone is 5. The van der Waals surface area contributed by atoms with Crippen molar-refractivity contribution in [2.24, 2.45) is 0 Å². The summed E-state index contributed by atoms with van der Waals surface area (Å²) in [5, 5.41) is 14.0. The van der Waals surface area contributed by atoms with Crippen LogP contribution in [-0.4, -0.2) is 68.5 Å². The van der Waals surface area contributed by atoms with Crippen LogP contribution in [-0.2, 0) is 18.4 Å². The average molecular weight is 1230 g/mol. The number of amides is 1. The van der Waals surface area contributed by atoms with E-state index in [2.05, 4.69) is 43.5 Å². The van der Waals surface area contributed by atoms with Crippen molar-refractivity contribution in [1.29, 1.82) is 0 Å². The van der Waals surface area contributed by atoms with Gasteiger partial charge in [0.1, 0.15) is 13.2 Å². The Morgan fingerprint density at radius 3 is 0.942 bits per heavy atom. The lowest BCUT2D eigenvalue weighted by Crippen LogP contribution is -2.45. The number of carbonyl (C=O) groups excluding carboxylic acids is 1. The molecular formula is C77H151N2O6P. The Morgan fingerprint density at radius 1 is 0.395 bits per heavy atom. The highest BCUT2D eigenvalue weighted by Gasteiger charge is 2.23. The van der Waals surface area contributed by atoms with Gasteiger partial charge in [-0.15, -0.1) is 0 Å². The van der Waals surface area contributed by atoms with E-state index in [4.69, 9.17) is 9.05 Å². The molecule has 0 spiro atoms. The van der Waals surface area contributed by atoms with E-state index in [9.17, 15) is 19.4 Å². The van der Waals surface area contributed by atoms with Crippen LogP contribution in [0.4, 0.5) is 0 Å². The van der Waals surface area contributed by atoms with Gasteiger partial charge in [0.15, 0.2) is 0 Å². The molecule has 0 saturated carbocycles. The molecule has 0 saturated heterocycles. The lowest BCUT2D eigenvalue weighted by atomic mass is 10.0. The molecule has 0 aliphatic rings. The van der Waals surface area contributed by atoms with E-state index in [-0.39, 0.29) is 19.1 Å². The molecule has 86 heavy (non-hydrogen) atoms. The van der Waals surface area contributed by atoms with Crippen molar-refractivity contribution in [3.63, 3.8) is 0 Å². The molecule has 0 radical (unpaired) electrons. The van der Waals surface area contributed by atoms with Gasteiger partial charge in [-0.3, -0.25) is 9.36 Å². The summed E-state index contributed by atoms with van der Waals surface area (Å²) in [5.74, 6) is -0.198. The van der Waals surface area contributed by atoms with E-state index in [0.29, 0.717) is 17.4 Å². The van der Waals surface area contributed by atoms with Gasteiger partial charge in [-0.25, -0.2) is 0 Å². The van der Waals surface area contributed by atoms with E-state index in [1.54, 1.807) is 6.08 Å². The fourth-order valence-electron chi connectivity index (χ4n) is 11.9. The molecule has 8 nitrogen and oxygen atoms in total. The first-order valence-electron chi connectivity index (χ1n) is 38.4. The largest absolute Gasteiger partial charge is 0.756 e. The highest BCUT2D eigenvalue weighted by Crippen LogP contribution is 2.38. The van der Waals surface area contributed by atoms with Crippen molar-refractivity contribution in [2.75, 3.05) is 40.9 Å². The number of aliphatic hydroxyl groups excluding tert-OH is 1. The Kier molecular flexibility index (Phi) is 67.1. The molecule has 0 aliphatic heterocycles. The third-order valence-corrected chi connectivity index (χ3v) is 18.8. The van der Waals surface area contributed by atoms with Crippen LogP contribution in [0.2, 0.25) is 0 Å². The Balaban J connectivity index is 4.00. The predicted octanol–water partition coefficient (Wildman–Crippen LogP) is 24.2. The van der Waals surface area contributed by atoms with Gasteiger partial charge in [-0.05, 0) is 57.8 Å². The molecule has 0 rings (SSSR count). The van der Waals surface area contributed by atoms with Crippen LogP contribution in [0.25, 0.3) is 0 Å². The Bertz CT molecular complexity index is 1500. The maximum absolute atomic E-state index is 13.1. The highest BCUT2D eigenvalue weighted by atomic mass is 31.2. The third-order valence-electron chi connectivity index (χ3n) is 17.8. The topological polar surface area (TPSA) is 108 Å². The number of hydrogen-bond acceptors (Lipinski definition) is 6. The molecule has 0 aromatic heterocycles. The van der Waals surface area contributed by atoms with Gasteiger partial charge in [0, 0.05) is 6.42 Å². The van der Waals surface area contributed by atoms with Crippen LogP contribution >= 0.6 is 7.82 Å². The Labute approximate surface area is 537 Å². The van der Waals surface area contributed by atoms with Crippen LogP contribution in [0.5, 0.6) is 0 Å². The molecule has 510 valence electrons. The van der Waals surface area contributed by atoms with E-state index in [0.717, 1.165) is 38.5 Å². The second-order valence-corrected chi connectivity index (χ2v) is 29.1. The number of rotatable bonds is 72. The molecule has 1 amide bonds. The van der Waals surface area contributed by atoms with Crippen molar-refractivity contribution < 1.29 is 32.9 Å². The minimum Gasteiger partial charge on any atom is -0.756 e. The van der Waals surface area contributed by atoms with Crippen LogP contribution in [0.1, 0.15) is 399 Å². The summed E-state index contributed by atoms with van der Waals surface area (Å²) in [7, 11) is 1.26. The molecule has 9 heteroatoms. The van der Waals surface area contributed by atoms with E-state index in [1.807, 2.05) is 27.2 Å². The predicted molar refractivity (Wildman–Crippen MR) is 376 cm³/mol. The van der Waals surface area contributed by atoms with E-state index < -0.39 is 20.0 Å². The zero-order chi connectivity index (χ0) is 62.6. The number of aliphatic hydroxyl groups is 1. The summed E-state index contributed by atoms with van der Waals surface area (Å²) >= 11 is 0. The zero-order valence-corrected chi connectivity index (χ0v) is 59.4. The van der Waals surface area contributed by atoms with Gasteiger partial charge in [0.05, 0.1) is 39.9 Å². The van der Waals surface area contributed by atoms with Crippen molar-refractivity contribution >= 4 is 13.7 Å². The molecule has 2 N–H and O–H groups in total. The number of quaternary nitrogens is 1. The van der Waals surface area contributed by atoms with Gasteiger partial charge in [0.2, 0.25) is 5.91 Å². The maximum Gasteiger partial charge on any atom is 0.268 e. The monoisotopic (exact) mass is 1230 g/mol. The maximum atomic E-state index is 13.1. The molecular weight excluding hydrogens is 1080 g/mol. The van der Waals surface area contributed by atoms with Gasteiger partial charge in [-0.1, -0.05) is 371 Å². The molecule has 0 fully saturated rings. The molecule has 3 unspecified atom stereocenters. The van der Waals surface area contributed by atoms with E-state index in [1.165, 1.54) is 340 Å². The molecule has 0 aliphatic carbocycles. The fourth-order valence-corrected chi connectivity index (χ4v) is 12.6. The second kappa shape index (κ2) is 68.1. The summed E-state index contributed by atoms with van der Waals surface area (Å²) in [4.78, 5) is 25.7.